The third kappa shape index (κ3) is 1.81. The van der Waals surface area contributed by atoms with Gasteiger partial charge in [-0.2, -0.15) is 0 Å². The van der Waals surface area contributed by atoms with E-state index in [9.17, 15) is 0 Å². The van der Waals surface area contributed by atoms with E-state index < -0.39 is 0 Å². The first-order valence-corrected chi connectivity index (χ1v) is 7.09. The van der Waals surface area contributed by atoms with E-state index in [0.717, 1.165) is 19.6 Å². The molecule has 1 N–H and O–H groups in total. The number of hydrogen-bond donors (Lipinski definition) is 1. The molecule has 0 radical (unpaired) electrons. The summed E-state index contributed by atoms with van der Waals surface area (Å²) in [7, 11) is 0. The third-order valence-electron chi connectivity index (χ3n) is 3.87. The molecule has 0 saturated carbocycles. The Morgan fingerprint density at radius 2 is 2.56 bits per heavy atom. The van der Waals surface area contributed by atoms with Gasteiger partial charge in [0.25, 0.3) is 0 Å². The molecule has 1 aromatic heterocycles. The highest BCUT2D eigenvalue weighted by Crippen LogP contribution is 2.37. The maximum atomic E-state index is 5.78. The van der Waals surface area contributed by atoms with Crippen molar-refractivity contribution in [3.63, 3.8) is 0 Å². The fourth-order valence-electron chi connectivity index (χ4n) is 3.02. The Morgan fingerprint density at radius 1 is 1.62 bits per heavy atom. The number of fused-ring (bicyclic) bond motifs is 1. The van der Waals surface area contributed by atoms with Crippen LogP contribution in [0.15, 0.2) is 11.4 Å². The van der Waals surface area contributed by atoms with Crippen LogP contribution < -0.4 is 5.32 Å². The summed E-state index contributed by atoms with van der Waals surface area (Å²) >= 11 is 1.90. The summed E-state index contributed by atoms with van der Waals surface area (Å²) in [6, 6.07) is 2.29. The van der Waals surface area contributed by atoms with E-state index in [1.165, 1.54) is 24.8 Å². The van der Waals surface area contributed by atoms with Gasteiger partial charge in [-0.3, -0.25) is 0 Å². The summed E-state index contributed by atoms with van der Waals surface area (Å²) < 4.78 is 5.78. The fraction of sp³-hybridized carbons (Fsp3) is 0.692. The number of rotatable bonds is 2. The number of nitrogens with one attached hydrogen (secondary N) is 1. The fourth-order valence-corrected chi connectivity index (χ4v) is 4.02. The number of ether oxygens (including phenoxy) is 1. The van der Waals surface area contributed by atoms with Gasteiger partial charge in [0.05, 0.1) is 6.10 Å². The van der Waals surface area contributed by atoms with E-state index in [2.05, 4.69) is 23.7 Å². The van der Waals surface area contributed by atoms with Gasteiger partial charge in [-0.05, 0) is 49.6 Å². The second-order valence-electron chi connectivity index (χ2n) is 5.11. The second kappa shape index (κ2) is 4.13. The Labute approximate surface area is 101 Å². The molecule has 1 aromatic rings. The van der Waals surface area contributed by atoms with Gasteiger partial charge in [0.1, 0.15) is 0 Å². The number of hydrogen-bond acceptors (Lipinski definition) is 3. The average molecular weight is 237 g/mol. The van der Waals surface area contributed by atoms with E-state index in [1.54, 1.807) is 4.88 Å². The monoisotopic (exact) mass is 237 g/mol. The van der Waals surface area contributed by atoms with Crippen molar-refractivity contribution in [2.24, 2.45) is 0 Å². The molecule has 2 atom stereocenters. The molecule has 88 valence electrons. The Kier molecular flexibility index (Phi) is 2.78. The molecule has 2 nitrogen and oxygen atoms in total. The topological polar surface area (TPSA) is 21.3 Å². The summed E-state index contributed by atoms with van der Waals surface area (Å²) in [6.07, 6.45) is 5.24. The van der Waals surface area contributed by atoms with Crippen LogP contribution in [-0.4, -0.2) is 19.3 Å². The second-order valence-corrected chi connectivity index (χ2v) is 6.11. The average Bonchev–Trinajstić information content (AvgIpc) is 2.88. The first-order valence-electron chi connectivity index (χ1n) is 6.21. The van der Waals surface area contributed by atoms with Crippen LogP contribution in [0.3, 0.4) is 0 Å². The standard InChI is InChI=1S/C13H19NOS/c1-13(9-10-3-2-7-15-10)11-5-8-16-12(11)4-6-14-13/h5,8,10,14H,2-4,6-7,9H2,1H3. The predicted octanol–water partition coefficient (Wildman–Crippen LogP) is 2.68. The third-order valence-corrected chi connectivity index (χ3v) is 4.85. The van der Waals surface area contributed by atoms with Crippen molar-refractivity contribution in [1.82, 2.24) is 5.32 Å². The zero-order chi connectivity index (χ0) is 11.0. The summed E-state index contributed by atoms with van der Waals surface area (Å²) in [5.74, 6) is 0. The lowest BCUT2D eigenvalue weighted by Gasteiger charge is -2.37. The van der Waals surface area contributed by atoms with Crippen LogP contribution in [-0.2, 0) is 16.7 Å². The van der Waals surface area contributed by atoms with Crippen molar-refractivity contribution >= 4 is 11.3 Å². The molecule has 1 saturated heterocycles. The molecule has 16 heavy (non-hydrogen) atoms. The molecule has 0 bridgehead atoms. The lowest BCUT2D eigenvalue weighted by Crippen LogP contribution is -2.46. The molecule has 0 aromatic carbocycles. The van der Waals surface area contributed by atoms with Crippen LogP contribution in [0.2, 0.25) is 0 Å². The van der Waals surface area contributed by atoms with Crippen LogP contribution in [0.4, 0.5) is 0 Å². The van der Waals surface area contributed by atoms with Crippen molar-refractivity contribution in [3.8, 4) is 0 Å². The maximum absolute atomic E-state index is 5.78. The van der Waals surface area contributed by atoms with Gasteiger partial charge in [-0.25, -0.2) is 0 Å². The summed E-state index contributed by atoms with van der Waals surface area (Å²) in [4.78, 5) is 1.57. The van der Waals surface area contributed by atoms with Crippen molar-refractivity contribution in [2.45, 2.75) is 44.2 Å². The van der Waals surface area contributed by atoms with Crippen LogP contribution in [0.5, 0.6) is 0 Å². The Hall–Kier alpha value is -0.380. The van der Waals surface area contributed by atoms with Crippen molar-refractivity contribution in [1.29, 1.82) is 0 Å². The largest absolute Gasteiger partial charge is 0.378 e. The molecule has 3 rings (SSSR count). The van der Waals surface area contributed by atoms with Crippen molar-refractivity contribution < 1.29 is 4.74 Å². The first kappa shape index (κ1) is 10.8. The minimum absolute atomic E-state index is 0.141. The van der Waals surface area contributed by atoms with E-state index in [4.69, 9.17) is 4.74 Å². The molecule has 0 spiro atoms. The maximum Gasteiger partial charge on any atom is 0.0596 e. The van der Waals surface area contributed by atoms with E-state index >= 15 is 0 Å². The van der Waals surface area contributed by atoms with Gasteiger partial charge in [0, 0.05) is 23.6 Å². The zero-order valence-electron chi connectivity index (χ0n) is 9.79. The SMILES string of the molecule is CC1(CC2CCCO2)NCCc2sccc21. The van der Waals surface area contributed by atoms with Crippen LogP contribution in [0, 0.1) is 0 Å². The van der Waals surface area contributed by atoms with E-state index in [-0.39, 0.29) is 5.54 Å². The van der Waals surface area contributed by atoms with Gasteiger partial charge in [-0.1, -0.05) is 0 Å². The smallest absolute Gasteiger partial charge is 0.0596 e. The summed E-state index contributed by atoms with van der Waals surface area (Å²) in [5.41, 5.74) is 1.65. The molecular weight excluding hydrogens is 218 g/mol. The Balaban J connectivity index is 1.82. The quantitative estimate of drug-likeness (QED) is 0.854. The molecule has 2 aliphatic heterocycles. The number of thiophene rings is 1. The molecule has 1 fully saturated rings. The highest BCUT2D eigenvalue weighted by atomic mass is 32.1. The molecule has 3 heteroatoms. The molecular formula is C13H19NOS. The predicted molar refractivity (Wildman–Crippen MR) is 67.0 cm³/mol. The first-order chi connectivity index (χ1) is 7.78. The van der Waals surface area contributed by atoms with Gasteiger partial charge in [-0.15, -0.1) is 11.3 Å². The zero-order valence-corrected chi connectivity index (χ0v) is 10.6. The van der Waals surface area contributed by atoms with Gasteiger partial charge >= 0.3 is 0 Å². The highest BCUT2D eigenvalue weighted by Gasteiger charge is 2.35. The molecule has 0 amide bonds. The van der Waals surface area contributed by atoms with E-state index in [1.807, 2.05) is 11.3 Å². The summed E-state index contributed by atoms with van der Waals surface area (Å²) in [5, 5.41) is 5.92. The van der Waals surface area contributed by atoms with Gasteiger partial charge in [0.15, 0.2) is 0 Å². The molecule has 0 aliphatic carbocycles. The van der Waals surface area contributed by atoms with Crippen molar-refractivity contribution in [2.75, 3.05) is 13.2 Å². The molecule has 2 unspecified atom stereocenters. The minimum atomic E-state index is 0.141. The normalized spacial score (nSPS) is 33.9. The van der Waals surface area contributed by atoms with Gasteiger partial charge < -0.3 is 10.1 Å². The van der Waals surface area contributed by atoms with Crippen molar-refractivity contribution in [3.05, 3.63) is 21.9 Å². The lowest BCUT2D eigenvalue weighted by molar-refractivity contribution is 0.0764. The van der Waals surface area contributed by atoms with Crippen LogP contribution >= 0.6 is 11.3 Å². The Bertz CT molecular complexity index is 370. The van der Waals surface area contributed by atoms with E-state index in [0.29, 0.717) is 6.10 Å². The van der Waals surface area contributed by atoms with Crippen LogP contribution in [0.1, 0.15) is 36.6 Å². The minimum Gasteiger partial charge on any atom is -0.378 e. The Morgan fingerprint density at radius 3 is 3.38 bits per heavy atom. The molecule has 3 heterocycles. The van der Waals surface area contributed by atoms with Crippen LogP contribution in [0.25, 0.3) is 0 Å². The highest BCUT2D eigenvalue weighted by molar-refractivity contribution is 7.10. The lowest BCUT2D eigenvalue weighted by atomic mass is 9.83. The molecule has 2 aliphatic rings. The van der Waals surface area contributed by atoms with Gasteiger partial charge in [0.2, 0.25) is 0 Å². The summed E-state index contributed by atoms with van der Waals surface area (Å²) in [6.45, 7) is 4.40.